The minimum Gasteiger partial charge on any atom is -0.478 e. The Hall–Kier alpha value is -2.96. The van der Waals surface area contributed by atoms with Gasteiger partial charge in [-0.3, -0.25) is 14.5 Å². The highest BCUT2D eigenvalue weighted by atomic mass is 16.4. The first kappa shape index (κ1) is 20.6. The van der Waals surface area contributed by atoms with Crippen molar-refractivity contribution in [2.24, 2.45) is 11.7 Å². The third-order valence-electron chi connectivity index (χ3n) is 8.34. The number of carbonyl (C=O) groups is 3. The number of fused-ring (bicyclic) bond motifs is 4. The lowest BCUT2D eigenvalue weighted by Gasteiger charge is -2.38. The van der Waals surface area contributed by atoms with Gasteiger partial charge in [-0.1, -0.05) is 6.07 Å². The van der Waals surface area contributed by atoms with Crippen LogP contribution in [0.4, 0.5) is 0 Å². The summed E-state index contributed by atoms with van der Waals surface area (Å²) >= 11 is 0. The van der Waals surface area contributed by atoms with Gasteiger partial charge in [0.25, 0.3) is 0 Å². The number of hydrogen-bond donors (Lipinski definition) is 2. The van der Waals surface area contributed by atoms with Gasteiger partial charge in [0.2, 0.25) is 11.8 Å². The van der Waals surface area contributed by atoms with Crippen LogP contribution in [0.25, 0.3) is 0 Å². The van der Waals surface area contributed by atoms with Gasteiger partial charge in [-0.2, -0.15) is 5.26 Å². The van der Waals surface area contributed by atoms with Crippen LogP contribution >= 0.6 is 0 Å². The number of likely N-dealkylation sites (tertiary alicyclic amines) is 3. The fraction of sp³-hybridized carbons (Fsp3) is 0.583. The van der Waals surface area contributed by atoms with E-state index in [1.54, 1.807) is 17.0 Å². The van der Waals surface area contributed by atoms with Crippen molar-refractivity contribution in [3.63, 3.8) is 0 Å². The molecule has 33 heavy (non-hydrogen) atoms. The summed E-state index contributed by atoms with van der Waals surface area (Å²) < 4.78 is 0. The predicted octanol–water partition coefficient (Wildman–Crippen LogP) is 0.497. The molecule has 6 rings (SSSR count). The van der Waals surface area contributed by atoms with E-state index in [1.807, 2.05) is 15.9 Å². The molecule has 3 aliphatic heterocycles. The number of nitrogens with zero attached hydrogens (tertiary/aromatic N) is 4. The normalized spacial score (nSPS) is 34.8. The van der Waals surface area contributed by atoms with E-state index in [-0.39, 0.29) is 47.6 Å². The number of aryl methyl sites for hydroxylation is 1. The molecule has 3 N–H and O–H groups in total. The van der Waals surface area contributed by atoms with Crippen LogP contribution in [0.2, 0.25) is 0 Å². The average molecular weight is 450 g/mol. The zero-order chi connectivity index (χ0) is 23.0. The second kappa shape index (κ2) is 7.27. The highest BCUT2D eigenvalue weighted by molar-refractivity contribution is 5.89. The number of piperazine rings is 1. The van der Waals surface area contributed by atoms with Gasteiger partial charge < -0.3 is 20.6 Å². The maximum Gasteiger partial charge on any atom is 0.335 e. The van der Waals surface area contributed by atoms with Gasteiger partial charge in [0, 0.05) is 25.2 Å². The minimum atomic E-state index is -0.939. The summed E-state index contributed by atoms with van der Waals surface area (Å²) in [5.41, 5.74) is 8.64. The summed E-state index contributed by atoms with van der Waals surface area (Å²) in [6.45, 7) is 1.01. The van der Waals surface area contributed by atoms with Crippen molar-refractivity contribution in [1.29, 1.82) is 5.26 Å². The van der Waals surface area contributed by atoms with Crippen molar-refractivity contribution in [3.05, 3.63) is 34.9 Å². The molecule has 7 atom stereocenters. The number of nitriles is 1. The topological polar surface area (TPSA) is 131 Å². The zero-order valence-electron chi connectivity index (χ0n) is 18.3. The number of rotatable bonds is 5. The molecule has 9 heteroatoms. The molecule has 0 radical (unpaired) electrons. The van der Waals surface area contributed by atoms with Gasteiger partial charge in [0.05, 0.1) is 29.8 Å². The summed E-state index contributed by atoms with van der Waals surface area (Å²) in [5.74, 6) is -0.585. The van der Waals surface area contributed by atoms with E-state index in [2.05, 4.69) is 6.07 Å². The Bertz CT molecular complexity index is 1100. The molecular formula is C24H27N5O4. The third-order valence-corrected chi connectivity index (χ3v) is 8.34. The van der Waals surface area contributed by atoms with Gasteiger partial charge in [-0.15, -0.1) is 0 Å². The van der Waals surface area contributed by atoms with Crippen molar-refractivity contribution >= 4 is 17.8 Å². The van der Waals surface area contributed by atoms with Crippen LogP contribution < -0.4 is 5.73 Å². The molecule has 5 aliphatic rings. The lowest BCUT2D eigenvalue weighted by Crippen LogP contribution is -2.57. The fourth-order valence-corrected chi connectivity index (χ4v) is 6.73. The lowest BCUT2D eigenvalue weighted by molar-refractivity contribution is -0.141. The van der Waals surface area contributed by atoms with E-state index in [0.29, 0.717) is 19.0 Å². The van der Waals surface area contributed by atoms with Crippen LogP contribution in [0.1, 0.15) is 53.2 Å². The van der Waals surface area contributed by atoms with Gasteiger partial charge in [0.1, 0.15) is 6.04 Å². The molecular weight excluding hydrogens is 422 g/mol. The maximum absolute atomic E-state index is 13.3. The van der Waals surface area contributed by atoms with Crippen LogP contribution in [0.3, 0.4) is 0 Å². The number of piperidine rings is 1. The van der Waals surface area contributed by atoms with E-state index in [4.69, 9.17) is 5.73 Å². The largest absolute Gasteiger partial charge is 0.478 e. The summed E-state index contributed by atoms with van der Waals surface area (Å²) in [7, 11) is 0. The van der Waals surface area contributed by atoms with Crippen molar-refractivity contribution in [2.45, 2.75) is 68.4 Å². The van der Waals surface area contributed by atoms with E-state index in [9.17, 15) is 24.8 Å². The number of carbonyl (C=O) groups excluding carboxylic acids is 2. The SMILES string of the molecule is N#C[C@@H]1C[C@@H]2CC2N1C(=O)[C@@H](N)CN1C[C@@H]2C[C@H]1C(=O)N2[C@H]1CCc2cc(C(=O)O)ccc21. The third kappa shape index (κ3) is 3.08. The first-order valence-corrected chi connectivity index (χ1v) is 11.8. The Labute approximate surface area is 191 Å². The van der Waals surface area contributed by atoms with Gasteiger partial charge >= 0.3 is 5.97 Å². The fourth-order valence-electron chi connectivity index (χ4n) is 6.73. The number of carboxylic acid groups (broad SMARTS) is 1. The molecule has 3 saturated heterocycles. The first-order chi connectivity index (χ1) is 15.9. The van der Waals surface area contributed by atoms with E-state index in [0.717, 1.165) is 43.2 Å². The minimum absolute atomic E-state index is 0.0180. The molecule has 2 amide bonds. The number of aromatic carboxylic acids is 1. The molecule has 0 aromatic heterocycles. The first-order valence-electron chi connectivity index (χ1n) is 11.8. The number of nitrogens with two attached hydrogens (primary N) is 1. The van der Waals surface area contributed by atoms with Gasteiger partial charge in [0.15, 0.2) is 0 Å². The highest BCUT2D eigenvalue weighted by Crippen LogP contribution is 2.48. The molecule has 3 heterocycles. The number of benzene rings is 1. The van der Waals surface area contributed by atoms with Crippen LogP contribution in [0.15, 0.2) is 18.2 Å². The average Bonchev–Trinajstić information content (AvgIpc) is 3.15. The van der Waals surface area contributed by atoms with Gasteiger partial charge in [-0.25, -0.2) is 4.79 Å². The molecule has 1 saturated carbocycles. The lowest BCUT2D eigenvalue weighted by atomic mass is 10.0. The second-order valence-electron chi connectivity index (χ2n) is 10.2. The van der Waals surface area contributed by atoms with Gasteiger partial charge in [-0.05, 0) is 61.3 Å². The monoisotopic (exact) mass is 449 g/mol. The molecule has 172 valence electrons. The van der Waals surface area contributed by atoms with Crippen molar-refractivity contribution < 1.29 is 19.5 Å². The van der Waals surface area contributed by atoms with Crippen LogP contribution in [0, 0.1) is 17.2 Å². The molecule has 1 unspecified atom stereocenters. The van der Waals surface area contributed by atoms with Crippen LogP contribution in [-0.2, 0) is 16.0 Å². The summed E-state index contributed by atoms with van der Waals surface area (Å²) in [4.78, 5) is 43.3. The molecule has 1 aromatic carbocycles. The molecule has 0 spiro atoms. The summed E-state index contributed by atoms with van der Waals surface area (Å²) in [6, 6.07) is 6.29. The van der Waals surface area contributed by atoms with E-state index in [1.165, 1.54) is 0 Å². The molecule has 4 fully saturated rings. The molecule has 9 nitrogen and oxygen atoms in total. The van der Waals surface area contributed by atoms with Crippen molar-refractivity contribution in [3.8, 4) is 6.07 Å². The predicted molar refractivity (Wildman–Crippen MR) is 116 cm³/mol. The molecule has 1 aromatic rings. The standard InChI is InChI=1S/C24H27N5O4/c25-9-15-6-14-7-20(14)28(15)22(30)18(26)11-27-10-16-8-21(27)23(31)29(16)19-4-2-12-5-13(24(32)33)1-3-17(12)19/h1,3,5,14-16,18-21H,2,4,6-8,10-11,26H2,(H,32,33)/t14-,15+,16+,18+,19+,20?,21+/m1/s1. The second-order valence-corrected chi connectivity index (χ2v) is 10.2. The van der Waals surface area contributed by atoms with Crippen LogP contribution in [-0.4, -0.2) is 80.9 Å². The quantitative estimate of drug-likeness (QED) is 0.669. The zero-order valence-corrected chi connectivity index (χ0v) is 18.3. The molecule has 2 aliphatic carbocycles. The number of amides is 2. The highest BCUT2D eigenvalue weighted by Gasteiger charge is 2.56. The Balaban J connectivity index is 1.13. The molecule has 2 bridgehead atoms. The van der Waals surface area contributed by atoms with Crippen LogP contribution in [0.5, 0.6) is 0 Å². The van der Waals surface area contributed by atoms with Crippen molar-refractivity contribution in [1.82, 2.24) is 14.7 Å². The Kier molecular flexibility index (Phi) is 4.55. The Morgan fingerprint density at radius 3 is 2.79 bits per heavy atom. The summed E-state index contributed by atoms with van der Waals surface area (Å²) in [5, 5.41) is 18.6. The maximum atomic E-state index is 13.3. The summed E-state index contributed by atoms with van der Waals surface area (Å²) in [6.07, 6.45) is 4.02. The Morgan fingerprint density at radius 2 is 2.06 bits per heavy atom. The Morgan fingerprint density at radius 1 is 1.24 bits per heavy atom. The number of carboxylic acids is 1. The van der Waals surface area contributed by atoms with E-state index >= 15 is 0 Å². The van der Waals surface area contributed by atoms with E-state index < -0.39 is 12.0 Å². The smallest absolute Gasteiger partial charge is 0.335 e. The van der Waals surface area contributed by atoms with Crippen molar-refractivity contribution in [2.75, 3.05) is 13.1 Å². The number of hydrogen-bond acceptors (Lipinski definition) is 6.